The monoisotopic (exact) mass is 269 g/mol. The van der Waals surface area contributed by atoms with Gasteiger partial charge in [0.25, 0.3) is 0 Å². The van der Waals surface area contributed by atoms with Crippen molar-refractivity contribution in [1.29, 1.82) is 0 Å². The fourth-order valence-electron chi connectivity index (χ4n) is 2.30. The van der Waals surface area contributed by atoms with Gasteiger partial charge < -0.3 is 16.2 Å². The number of aromatic nitrogens is 1. The van der Waals surface area contributed by atoms with Crippen LogP contribution in [0, 0.1) is 10.8 Å². The summed E-state index contributed by atoms with van der Waals surface area (Å²) in [4.78, 5) is 15.0. The van der Waals surface area contributed by atoms with Crippen molar-refractivity contribution in [2.75, 3.05) is 5.32 Å². The molecule has 1 heterocycles. The molecule has 0 saturated heterocycles. The summed E-state index contributed by atoms with van der Waals surface area (Å²) in [5.74, 6) is -1.06. The predicted octanol–water partition coefficient (Wildman–Crippen LogP) is 2.07. The summed E-state index contributed by atoms with van der Waals surface area (Å²) in [6.45, 7) is 8.84. The molecule has 0 aromatic carbocycles. The van der Waals surface area contributed by atoms with Crippen molar-refractivity contribution >= 4 is 22.4 Å². The Labute approximate surface area is 110 Å². The zero-order valence-electron chi connectivity index (χ0n) is 11.0. The molecule has 6 heteroatoms. The molecule has 5 nitrogen and oxygen atoms in total. The first kappa shape index (κ1) is 13.3. The van der Waals surface area contributed by atoms with E-state index in [0.29, 0.717) is 11.7 Å². The van der Waals surface area contributed by atoms with Gasteiger partial charge in [-0.15, -0.1) is 11.3 Å². The van der Waals surface area contributed by atoms with Gasteiger partial charge in [0, 0.05) is 11.4 Å². The maximum absolute atomic E-state index is 10.8. The summed E-state index contributed by atoms with van der Waals surface area (Å²) in [5.41, 5.74) is 6.36. The van der Waals surface area contributed by atoms with Crippen LogP contribution in [0.4, 0.5) is 5.13 Å². The molecule has 1 aliphatic rings. The zero-order chi connectivity index (χ0) is 13.7. The van der Waals surface area contributed by atoms with Crippen molar-refractivity contribution in [3.63, 3.8) is 0 Å². The second kappa shape index (κ2) is 3.93. The Morgan fingerprint density at radius 3 is 2.50 bits per heavy atom. The van der Waals surface area contributed by atoms with Crippen LogP contribution in [0.15, 0.2) is 5.38 Å². The van der Waals surface area contributed by atoms with Crippen molar-refractivity contribution < 1.29 is 9.90 Å². The van der Waals surface area contributed by atoms with E-state index in [2.05, 4.69) is 38.0 Å². The maximum atomic E-state index is 10.8. The van der Waals surface area contributed by atoms with Crippen molar-refractivity contribution in [3.8, 4) is 0 Å². The molecular weight excluding hydrogens is 250 g/mol. The lowest BCUT2D eigenvalue weighted by atomic mass is 10.0. The molecule has 0 spiro atoms. The number of aliphatic carboxylic acids is 1. The van der Waals surface area contributed by atoms with Gasteiger partial charge >= 0.3 is 5.97 Å². The predicted molar refractivity (Wildman–Crippen MR) is 71.7 cm³/mol. The van der Waals surface area contributed by atoms with Gasteiger partial charge in [-0.1, -0.05) is 27.7 Å². The number of anilines is 1. The quantitative estimate of drug-likeness (QED) is 0.778. The molecule has 1 aromatic rings. The summed E-state index contributed by atoms with van der Waals surface area (Å²) in [6, 6.07) is -0.693. The number of nitrogens with one attached hydrogen (secondary N) is 1. The minimum atomic E-state index is -1.06. The Kier molecular flexibility index (Phi) is 2.90. The number of carboxylic acid groups (broad SMARTS) is 1. The third kappa shape index (κ3) is 1.89. The van der Waals surface area contributed by atoms with Crippen molar-refractivity contribution in [2.45, 2.75) is 39.8 Å². The summed E-state index contributed by atoms with van der Waals surface area (Å²) >= 11 is 1.40. The normalized spacial score (nSPS) is 22.5. The first-order valence-corrected chi connectivity index (χ1v) is 6.76. The van der Waals surface area contributed by atoms with Gasteiger partial charge in [0.05, 0.1) is 5.69 Å². The molecule has 18 heavy (non-hydrogen) atoms. The van der Waals surface area contributed by atoms with Gasteiger partial charge in [0.2, 0.25) is 0 Å². The van der Waals surface area contributed by atoms with E-state index in [4.69, 9.17) is 10.8 Å². The summed E-state index contributed by atoms with van der Waals surface area (Å²) in [7, 11) is 0. The van der Waals surface area contributed by atoms with Crippen LogP contribution in [0.2, 0.25) is 0 Å². The number of carbonyl (C=O) groups is 1. The van der Waals surface area contributed by atoms with Gasteiger partial charge in [-0.3, -0.25) is 4.79 Å². The minimum absolute atomic E-state index is 0.216. The number of nitrogens with two attached hydrogens (primary N) is 1. The Bertz CT molecular complexity index is 467. The lowest BCUT2D eigenvalue weighted by molar-refractivity contribution is -0.138. The fourth-order valence-corrected chi connectivity index (χ4v) is 3.08. The molecule has 0 amide bonds. The summed E-state index contributed by atoms with van der Waals surface area (Å²) in [6.07, 6.45) is 0. The van der Waals surface area contributed by atoms with Gasteiger partial charge in [-0.2, -0.15) is 0 Å². The van der Waals surface area contributed by atoms with E-state index in [9.17, 15) is 4.79 Å². The minimum Gasteiger partial charge on any atom is -0.480 e. The van der Waals surface area contributed by atoms with E-state index in [0.717, 1.165) is 5.13 Å². The molecule has 0 aliphatic heterocycles. The molecule has 100 valence electrons. The maximum Gasteiger partial charge on any atom is 0.326 e. The van der Waals surface area contributed by atoms with Crippen molar-refractivity contribution in [2.24, 2.45) is 16.6 Å². The molecule has 1 fully saturated rings. The molecule has 2 rings (SSSR count). The van der Waals surface area contributed by atoms with Crippen LogP contribution >= 0.6 is 11.3 Å². The molecule has 1 aliphatic carbocycles. The summed E-state index contributed by atoms with van der Waals surface area (Å²) in [5, 5.41) is 14.6. The highest BCUT2D eigenvalue weighted by Gasteiger charge is 2.65. The zero-order valence-corrected chi connectivity index (χ0v) is 11.8. The topological polar surface area (TPSA) is 88.2 Å². The third-order valence-corrected chi connectivity index (χ3v) is 5.19. The molecule has 1 saturated carbocycles. The molecule has 4 N–H and O–H groups in total. The van der Waals surface area contributed by atoms with E-state index < -0.39 is 12.0 Å². The number of thiazole rings is 1. The Hall–Kier alpha value is -1.14. The second-order valence-electron chi connectivity index (χ2n) is 5.91. The van der Waals surface area contributed by atoms with Crippen molar-refractivity contribution in [3.05, 3.63) is 11.1 Å². The lowest BCUT2D eigenvalue weighted by Crippen LogP contribution is -2.21. The van der Waals surface area contributed by atoms with Crippen LogP contribution in [0.5, 0.6) is 0 Å². The molecule has 0 radical (unpaired) electrons. The number of rotatable bonds is 4. The molecular formula is C12H19N3O2S. The SMILES string of the molecule is CC1(C)C(Nc2nc(C(N)C(=O)O)cs2)C1(C)C. The number of carboxylic acids is 1. The number of nitrogens with zero attached hydrogens (tertiary/aromatic N) is 1. The first-order valence-electron chi connectivity index (χ1n) is 5.88. The van der Waals surface area contributed by atoms with Crippen LogP contribution in [-0.4, -0.2) is 22.1 Å². The highest BCUT2D eigenvalue weighted by molar-refractivity contribution is 7.13. The first-order chi connectivity index (χ1) is 8.18. The highest BCUT2D eigenvalue weighted by atomic mass is 32.1. The highest BCUT2D eigenvalue weighted by Crippen LogP contribution is 2.63. The van der Waals surface area contributed by atoms with Crippen molar-refractivity contribution in [1.82, 2.24) is 4.98 Å². The van der Waals surface area contributed by atoms with Crippen LogP contribution in [-0.2, 0) is 4.79 Å². The van der Waals surface area contributed by atoms with E-state index in [1.54, 1.807) is 5.38 Å². The van der Waals surface area contributed by atoms with E-state index in [1.165, 1.54) is 11.3 Å². The van der Waals surface area contributed by atoms with Crippen LogP contribution < -0.4 is 11.1 Å². The second-order valence-corrected chi connectivity index (χ2v) is 6.77. The van der Waals surface area contributed by atoms with Crippen LogP contribution in [0.1, 0.15) is 39.4 Å². The third-order valence-electron chi connectivity index (χ3n) is 4.40. The van der Waals surface area contributed by atoms with Crippen LogP contribution in [0.25, 0.3) is 0 Å². The molecule has 1 unspecified atom stereocenters. The number of hydrogen-bond acceptors (Lipinski definition) is 5. The van der Waals surface area contributed by atoms with Crippen LogP contribution in [0.3, 0.4) is 0 Å². The lowest BCUT2D eigenvalue weighted by Gasteiger charge is -2.04. The van der Waals surface area contributed by atoms with Gasteiger partial charge in [0.15, 0.2) is 5.13 Å². The van der Waals surface area contributed by atoms with Gasteiger partial charge in [0.1, 0.15) is 6.04 Å². The standard InChI is InChI=1S/C12H19N3O2S/c1-11(2)9(12(11,3)4)15-10-14-6(5-18-10)7(13)8(16)17/h5,7,9H,13H2,1-4H3,(H,14,15)(H,16,17). The van der Waals surface area contributed by atoms with E-state index >= 15 is 0 Å². The Morgan fingerprint density at radius 2 is 2.06 bits per heavy atom. The average molecular weight is 269 g/mol. The van der Waals surface area contributed by atoms with E-state index in [1.807, 2.05) is 0 Å². The smallest absolute Gasteiger partial charge is 0.326 e. The molecule has 1 aromatic heterocycles. The average Bonchev–Trinajstić information content (AvgIpc) is 2.66. The number of hydrogen-bond donors (Lipinski definition) is 3. The molecule has 1 atom stereocenters. The van der Waals surface area contributed by atoms with Gasteiger partial charge in [-0.25, -0.2) is 4.98 Å². The van der Waals surface area contributed by atoms with E-state index in [-0.39, 0.29) is 10.8 Å². The Balaban J connectivity index is 2.07. The summed E-state index contributed by atoms with van der Waals surface area (Å²) < 4.78 is 0. The molecule has 0 bridgehead atoms. The fraction of sp³-hybridized carbons (Fsp3) is 0.667. The Morgan fingerprint density at radius 1 is 1.50 bits per heavy atom. The van der Waals surface area contributed by atoms with Gasteiger partial charge in [-0.05, 0) is 10.8 Å². The largest absolute Gasteiger partial charge is 0.480 e.